The number of amides is 2. The van der Waals surface area contributed by atoms with E-state index in [0.717, 1.165) is 64.4 Å². The lowest BCUT2D eigenvalue weighted by Gasteiger charge is -2.17. The number of methoxy groups -OCH3 is 1. The molecule has 274 valence electrons. The molecule has 13 heteroatoms. The van der Waals surface area contributed by atoms with Crippen molar-refractivity contribution in [1.29, 1.82) is 0 Å². The molecule has 0 saturated heterocycles. The third-order valence-corrected chi connectivity index (χ3v) is 11.9. The topological polar surface area (TPSA) is 148 Å². The van der Waals surface area contributed by atoms with E-state index in [2.05, 4.69) is 10.6 Å². The van der Waals surface area contributed by atoms with Gasteiger partial charge in [-0.15, -0.1) is 11.3 Å². The second-order valence-electron chi connectivity index (χ2n) is 12.5. The first-order chi connectivity index (χ1) is 25.0. The summed E-state index contributed by atoms with van der Waals surface area (Å²) in [6, 6.07) is 20.7. The number of carbonyl (C=O) groups is 4. The Hall–Kier alpha value is -4.85. The zero-order valence-corrected chi connectivity index (χ0v) is 31.2. The predicted octanol–water partition coefficient (Wildman–Crippen LogP) is 6.67. The first-order valence-electron chi connectivity index (χ1n) is 17.3. The maximum atomic E-state index is 13.8. The number of hydrogen-bond acceptors (Lipinski definition) is 9. The van der Waals surface area contributed by atoms with Crippen molar-refractivity contribution in [1.82, 2.24) is 4.31 Å². The van der Waals surface area contributed by atoms with Gasteiger partial charge in [-0.2, -0.15) is 0 Å². The average molecular weight is 746 g/mol. The number of fused-ring (bicyclic) bond motifs is 1. The fourth-order valence-corrected chi connectivity index (χ4v) is 8.55. The number of aryl methyl sites for hydroxylation is 3. The molecule has 1 aromatic heterocycles. The highest BCUT2D eigenvalue weighted by Crippen LogP contribution is 2.39. The van der Waals surface area contributed by atoms with Crippen LogP contribution in [0.15, 0.2) is 77.7 Å². The van der Waals surface area contributed by atoms with Crippen LogP contribution < -0.4 is 10.6 Å². The van der Waals surface area contributed by atoms with Crippen LogP contribution in [0.4, 0.5) is 10.7 Å². The lowest BCUT2D eigenvalue weighted by Crippen LogP contribution is -2.28. The highest BCUT2D eigenvalue weighted by Gasteiger charge is 2.28. The van der Waals surface area contributed by atoms with E-state index in [1.807, 2.05) is 36.4 Å². The second-order valence-corrected chi connectivity index (χ2v) is 15.6. The zero-order valence-electron chi connectivity index (χ0n) is 29.5. The number of carbonyl (C=O) groups excluding carboxylic acids is 4. The maximum absolute atomic E-state index is 13.8. The van der Waals surface area contributed by atoms with Crippen LogP contribution in [0.25, 0.3) is 0 Å². The fourth-order valence-electron chi connectivity index (χ4n) is 6.01. The molecule has 11 nitrogen and oxygen atoms in total. The minimum absolute atomic E-state index is 0.0536. The summed E-state index contributed by atoms with van der Waals surface area (Å²) in [5.41, 5.74) is 4.79. The molecule has 0 radical (unpaired) electrons. The molecule has 2 amide bonds. The number of sulfonamides is 1. The molecule has 1 heterocycles. The Kier molecular flexibility index (Phi) is 13.0. The van der Waals surface area contributed by atoms with Gasteiger partial charge in [-0.3, -0.25) is 14.4 Å². The first kappa shape index (κ1) is 38.4. The van der Waals surface area contributed by atoms with E-state index in [9.17, 15) is 27.6 Å². The van der Waals surface area contributed by atoms with Crippen molar-refractivity contribution in [2.75, 3.05) is 37.9 Å². The van der Waals surface area contributed by atoms with Crippen molar-refractivity contribution < 1.29 is 37.1 Å². The Labute approximate surface area is 308 Å². The molecule has 1 aliphatic rings. The number of hydrogen-bond donors (Lipinski definition) is 2. The van der Waals surface area contributed by atoms with Crippen molar-refractivity contribution in [3.05, 3.63) is 111 Å². The highest BCUT2D eigenvalue weighted by molar-refractivity contribution is 7.89. The molecular formula is C39H43N3O8S2. The lowest BCUT2D eigenvalue weighted by atomic mass is 9.95. The maximum Gasteiger partial charge on any atom is 0.337 e. The molecule has 0 atom stereocenters. The largest absolute Gasteiger partial charge is 0.466 e. The lowest BCUT2D eigenvalue weighted by molar-refractivity contribution is -0.143. The molecule has 0 bridgehead atoms. The van der Waals surface area contributed by atoms with E-state index in [0.29, 0.717) is 28.2 Å². The van der Waals surface area contributed by atoms with Gasteiger partial charge in [0.25, 0.3) is 11.8 Å². The minimum Gasteiger partial charge on any atom is -0.466 e. The summed E-state index contributed by atoms with van der Waals surface area (Å²) >= 11 is 1.38. The summed E-state index contributed by atoms with van der Waals surface area (Å²) in [5, 5.41) is 6.33. The van der Waals surface area contributed by atoms with Gasteiger partial charge in [-0.1, -0.05) is 30.3 Å². The molecule has 4 aromatic rings. The van der Waals surface area contributed by atoms with Gasteiger partial charge >= 0.3 is 11.9 Å². The summed E-state index contributed by atoms with van der Waals surface area (Å²) in [5.74, 6) is -1.61. The molecule has 1 aliphatic carbocycles. The summed E-state index contributed by atoms with van der Waals surface area (Å²) in [4.78, 5) is 51.7. The standard InChI is InChI=1S/C39H43N3O8S2/c1-4-50-34(43)13-8-24-42(2)52(47,48)31-10-7-9-29(25-31)36(44)41-38-35(32-11-5-6-12-33(32)51-38)37(45)40-30-22-18-27(19-23-30)15-14-26-16-20-28(21-17-26)39(46)49-3/h7,9-10,16-23,25H,4-6,8,11-15,24H2,1-3H3,(H,40,45)(H,41,44). The molecule has 0 aliphatic heterocycles. The van der Waals surface area contributed by atoms with Gasteiger partial charge in [0.05, 0.1) is 29.7 Å². The number of anilines is 2. The normalized spacial score (nSPS) is 12.5. The summed E-state index contributed by atoms with van der Waals surface area (Å²) in [6.45, 7) is 2.07. The van der Waals surface area contributed by atoms with Crippen molar-refractivity contribution >= 4 is 55.8 Å². The van der Waals surface area contributed by atoms with E-state index in [1.165, 1.54) is 49.8 Å². The van der Waals surface area contributed by atoms with Gasteiger partial charge in [-0.25, -0.2) is 17.5 Å². The van der Waals surface area contributed by atoms with Gasteiger partial charge < -0.3 is 20.1 Å². The molecular weight excluding hydrogens is 703 g/mol. The average Bonchev–Trinajstić information content (AvgIpc) is 3.52. The Morgan fingerprint density at radius 2 is 1.52 bits per heavy atom. The molecule has 2 N–H and O–H groups in total. The van der Waals surface area contributed by atoms with Gasteiger partial charge in [0.1, 0.15) is 5.00 Å². The zero-order chi connectivity index (χ0) is 37.3. The minimum atomic E-state index is -3.94. The van der Waals surface area contributed by atoms with Crippen LogP contribution in [0.2, 0.25) is 0 Å². The Morgan fingerprint density at radius 1 is 0.846 bits per heavy atom. The molecule has 5 rings (SSSR count). The molecule has 0 fully saturated rings. The van der Waals surface area contributed by atoms with E-state index in [-0.39, 0.29) is 47.9 Å². The van der Waals surface area contributed by atoms with Gasteiger partial charge in [0.15, 0.2) is 0 Å². The van der Waals surface area contributed by atoms with Crippen molar-refractivity contribution in [3.63, 3.8) is 0 Å². The SMILES string of the molecule is CCOC(=O)CCCN(C)S(=O)(=O)c1cccc(C(=O)Nc2sc3c(c2C(=O)Nc2ccc(CCc4ccc(C(=O)OC)cc4)cc2)CCCC3)c1. The predicted molar refractivity (Wildman–Crippen MR) is 201 cm³/mol. The van der Waals surface area contributed by atoms with Crippen molar-refractivity contribution in [3.8, 4) is 0 Å². The van der Waals surface area contributed by atoms with Crippen molar-refractivity contribution in [2.24, 2.45) is 0 Å². The molecule has 0 spiro atoms. The van der Waals surface area contributed by atoms with Crippen LogP contribution in [0.3, 0.4) is 0 Å². The second kappa shape index (κ2) is 17.6. The van der Waals surface area contributed by atoms with Crippen LogP contribution >= 0.6 is 11.3 Å². The Morgan fingerprint density at radius 3 is 2.19 bits per heavy atom. The van der Waals surface area contributed by atoms with Crippen LogP contribution in [-0.2, 0) is 50.0 Å². The van der Waals surface area contributed by atoms with Crippen molar-refractivity contribution in [2.45, 2.75) is 63.2 Å². The quantitative estimate of drug-likeness (QED) is 0.128. The molecule has 3 aromatic carbocycles. The highest BCUT2D eigenvalue weighted by atomic mass is 32.2. The van der Waals surface area contributed by atoms with E-state index >= 15 is 0 Å². The van der Waals surface area contributed by atoms with Crippen LogP contribution in [0.1, 0.15) is 85.2 Å². The number of benzene rings is 3. The fraction of sp³-hybridized carbons (Fsp3) is 0.333. The van der Waals surface area contributed by atoms with Gasteiger partial charge in [0, 0.05) is 36.1 Å². The molecule has 52 heavy (non-hydrogen) atoms. The third kappa shape index (κ3) is 9.52. The van der Waals surface area contributed by atoms with E-state index < -0.39 is 15.9 Å². The number of thiophene rings is 1. The van der Waals surface area contributed by atoms with Gasteiger partial charge in [-0.05, 0) is 111 Å². The van der Waals surface area contributed by atoms with E-state index in [1.54, 1.807) is 19.1 Å². The summed E-state index contributed by atoms with van der Waals surface area (Å²) < 4.78 is 37.4. The van der Waals surface area contributed by atoms with Crippen LogP contribution in [0.5, 0.6) is 0 Å². The number of nitrogens with zero attached hydrogens (tertiary/aromatic N) is 1. The van der Waals surface area contributed by atoms with Crippen LogP contribution in [-0.4, -0.2) is 63.8 Å². The number of ether oxygens (including phenoxy) is 2. The number of nitrogens with one attached hydrogen (secondary N) is 2. The van der Waals surface area contributed by atoms with E-state index in [4.69, 9.17) is 9.47 Å². The summed E-state index contributed by atoms with van der Waals surface area (Å²) in [6.07, 6.45) is 5.40. The van der Waals surface area contributed by atoms with Crippen LogP contribution in [0, 0.1) is 0 Å². The number of esters is 2. The third-order valence-electron chi connectivity index (χ3n) is 8.88. The number of rotatable bonds is 15. The molecule has 0 unspecified atom stereocenters. The smallest absolute Gasteiger partial charge is 0.337 e. The monoisotopic (exact) mass is 745 g/mol. The Balaban J connectivity index is 1.25. The first-order valence-corrected chi connectivity index (χ1v) is 19.5. The van der Waals surface area contributed by atoms with Gasteiger partial charge in [0.2, 0.25) is 10.0 Å². The Bertz CT molecular complexity index is 2020. The summed E-state index contributed by atoms with van der Waals surface area (Å²) in [7, 11) is -1.16. The molecule has 0 saturated carbocycles.